The molecule has 0 bridgehead atoms. The van der Waals surface area contributed by atoms with Crippen molar-refractivity contribution < 1.29 is 17.9 Å². The molecular formula is C21H39F3N2O. The lowest BCUT2D eigenvalue weighted by atomic mass is 9.84. The smallest absolute Gasteiger partial charge is 0.376 e. The van der Waals surface area contributed by atoms with Crippen LogP contribution in [-0.2, 0) is 4.74 Å². The van der Waals surface area contributed by atoms with E-state index >= 15 is 0 Å². The first-order valence-electron chi connectivity index (χ1n) is 10.9. The fraction of sp³-hybridized carbons (Fsp3) is 1.00. The zero-order chi connectivity index (χ0) is 20.0. The molecule has 0 aromatic carbocycles. The zero-order valence-electron chi connectivity index (χ0n) is 17.6. The average molecular weight is 393 g/mol. The lowest BCUT2D eigenvalue weighted by Gasteiger charge is -2.44. The Bertz CT molecular complexity index is 420. The molecule has 1 heterocycles. The third-order valence-corrected chi connectivity index (χ3v) is 6.14. The first kappa shape index (κ1) is 23.0. The SMILES string of the molecule is CC(C)O[C@H]1CC[C@H](CCCCN2CCN(C(C)C)[C@H](C(F)(F)F)C2)CC1. The number of ether oxygens (including phenoxy) is 1. The predicted octanol–water partition coefficient (Wildman–Crippen LogP) is 5.10. The van der Waals surface area contributed by atoms with Gasteiger partial charge in [0, 0.05) is 25.7 Å². The number of unbranched alkanes of at least 4 members (excludes halogenated alkanes) is 1. The van der Waals surface area contributed by atoms with Crippen LogP contribution in [0.3, 0.4) is 0 Å². The van der Waals surface area contributed by atoms with E-state index in [2.05, 4.69) is 13.8 Å². The van der Waals surface area contributed by atoms with Gasteiger partial charge in [0.2, 0.25) is 0 Å². The van der Waals surface area contributed by atoms with Crippen LogP contribution in [0.4, 0.5) is 13.2 Å². The van der Waals surface area contributed by atoms with E-state index in [0.29, 0.717) is 18.8 Å². The average Bonchev–Trinajstić information content (AvgIpc) is 2.58. The number of hydrogen-bond donors (Lipinski definition) is 0. The highest BCUT2D eigenvalue weighted by Gasteiger charge is 2.46. The van der Waals surface area contributed by atoms with E-state index in [-0.39, 0.29) is 12.6 Å². The molecule has 1 aliphatic carbocycles. The van der Waals surface area contributed by atoms with Gasteiger partial charge < -0.3 is 9.64 Å². The molecule has 0 amide bonds. The maximum atomic E-state index is 13.4. The van der Waals surface area contributed by atoms with Crippen LogP contribution in [0.5, 0.6) is 0 Å². The van der Waals surface area contributed by atoms with Crippen LogP contribution in [0.2, 0.25) is 0 Å². The van der Waals surface area contributed by atoms with Gasteiger partial charge in [-0.1, -0.05) is 12.8 Å². The second-order valence-corrected chi connectivity index (χ2v) is 9.01. The first-order chi connectivity index (χ1) is 12.7. The molecule has 1 saturated carbocycles. The molecule has 0 spiro atoms. The van der Waals surface area contributed by atoms with Crippen molar-refractivity contribution in [1.29, 1.82) is 0 Å². The van der Waals surface area contributed by atoms with Crippen molar-refractivity contribution in [2.45, 2.75) is 103 Å². The van der Waals surface area contributed by atoms with Crippen molar-refractivity contribution in [2.24, 2.45) is 5.92 Å². The van der Waals surface area contributed by atoms with Gasteiger partial charge in [-0.05, 0) is 72.3 Å². The predicted molar refractivity (Wildman–Crippen MR) is 104 cm³/mol. The second-order valence-electron chi connectivity index (χ2n) is 9.01. The van der Waals surface area contributed by atoms with E-state index in [1.807, 2.05) is 18.7 Å². The van der Waals surface area contributed by atoms with Gasteiger partial charge in [0.1, 0.15) is 6.04 Å². The van der Waals surface area contributed by atoms with E-state index in [4.69, 9.17) is 4.74 Å². The van der Waals surface area contributed by atoms with Crippen molar-refractivity contribution in [3.8, 4) is 0 Å². The van der Waals surface area contributed by atoms with Crippen molar-refractivity contribution in [3.63, 3.8) is 0 Å². The van der Waals surface area contributed by atoms with Gasteiger partial charge in [0.05, 0.1) is 12.2 Å². The Balaban J connectivity index is 1.65. The highest BCUT2D eigenvalue weighted by molar-refractivity contribution is 4.88. The van der Waals surface area contributed by atoms with Gasteiger partial charge in [-0.15, -0.1) is 0 Å². The Morgan fingerprint density at radius 3 is 2.19 bits per heavy atom. The molecule has 0 unspecified atom stereocenters. The Morgan fingerprint density at radius 1 is 0.963 bits per heavy atom. The standard InChI is InChI=1S/C21H39F3N2O/c1-16(2)26-14-13-25(15-20(26)21(22,23)24)12-6-5-7-18-8-10-19(11-9-18)27-17(3)4/h16-20H,5-15H2,1-4H3/t18-,19-,20-/m0/s1. The fourth-order valence-corrected chi connectivity index (χ4v) is 4.68. The summed E-state index contributed by atoms with van der Waals surface area (Å²) in [6, 6.07) is -1.38. The molecule has 0 radical (unpaired) electrons. The Labute approximate surface area is 163 Å². The lowest BCUT2D eigenvalue weighted by molar-refractivity contribution is -0.202. The largest absolute Gasteiger partial charge is 0.405 e. The molecule has 1 saturated heterocycles. The van der Waals surface area contributed by atoms with Gasteiger partial charge in [-0.2, -0.15) is 13.2 Å². The summed E-state index contributed by atoms with van der Waals surface area (Å²) in [5.41, 5.74) is 0. The zero-order valence-corrected chi connectivity index (χ0v) is 17.6. The molecule has 27 heavy (non-hydrogen) atoms. The minimum atomic E-state index is -4.14. The molecular weight excluding hydrogens is 353 g/mol. The summed E-state index contributed by atoms with van der Waals surface area (Å²) in [6.07, 6.45) is 4.74. The minimum Gasteiger partial charge on any atom is -0.376 e. The first-order valence-corrected chi connectivity index (χ1v) is 10.9. The topological polar surface area (TPSA) is 15.7 Å². The number of halogens is 3. The summed E-state index contributed by atoms with van der Waals surface area (Å²) >= 11 is 0. The van der Waals surface area contributed by atoms with E-state index in [1.165, 1.54) is 19.3 Å². The minimum absolute atomic E-state index is 0.0615. The van der Waals surface area contributed by atoms with Gasteiger partial charge in [-0.25, -0.2) is 0 Å². The van der Waals surface area contributed by atoms with Gasteiger partial charge in [-0.3, -0.25) is 4.90 Å². The van der Waals surface area contributed by atoms with Gasteiger partial charge in [0.25, 0.3) is 0 Å². The van der Waals surface area contributed by atoms with Crippen LogP contribution < -0.4 is 0 Å². The van der Waals surface area contributed by atoms with Crippen molar-refractivity contribution in [2.75, 3.05) is 26.2 Å². The third-order valence-electron chi connectivity index (χ3n) is 6.14. The van der Waals surface area contributed by atoms with Crippen LogP contribution >= 0.6 is 0 Å². The quantitative estimate of drug-likeness (QED) is 0.535. The summed E-state index contributed by atoms with van der Waals surface area (Å²) in [5, 5.41) is 0. The van der Waals surface area contributed by atoms with E-state index < -0.39 is 12.2 Å². The van der Waals surface area contributed by atoms with Gasteiger partial charge >= 0.3 is 6.18 Å². The van der Waals surface area contributed by atoms with Crippen molar-refractivity contribution in [1.82, 2.24) is 9.80 Å². The number of nitrogens with zero attached hydrogens (tertiary/aromatic N) is 2. The molecule has 0 N–H and O–H groups in total. The van der Waals surface area contributed by atoms with Crippen LogP contribution in [0.15, 0.2) is 0 Å². The molecule has 160 valence electrons. The Hall–Kier alpha value is -0.330. The lowest BCUT2D eigenvalue weighted by Crippen LogP contribution is -2.60. The molecule has 6 heteroatoms. The number of alkyl halides is 3. The monoisotopic (exact) mass is 392 g/mol. The van der Waals surface area contributed by atoms with Crippen molar-refractivity contribution in [3.05, 3.63) is 0 Å². The summed E-state index contributed by atoms with van der Waals surface area (Å²) in [6.45, 7) is 10.1. The third kappa shape index (κ3) is 7.54. The van der Waals surface area contributed by atoms with Crippen LogP contribution in [0.25, 0.3) is 0 Å². The molecule has 2 rings (SSSR count). The summed E-state index contributed by atoms with van der Waals surface area (Å²) in [7, 11) is 0. The highest BCUT2D eigenvalue weighted by atomic mass is 19.4. The molecule has 3 nitrogen and oxygen atoms in total. The maximum absolute atomic E-state index is 13.4. The van der Waals surface area contributed by atoms with Crippen LogP contribution in [0.1, 0.15) is 72.6 Å². The van der Waals surface area contributed by atoms with E-state index in [9.17, 15) is 13.2 Å². The summed E-state index contributed by atoms with van der Waals surface area (Å²) in [4.78, 5) is 3.62. The number of hydrogen-bond acceptors (Lipinski definition) is 3. The molecule has 1 atom stereocenters. The number of piperazine rings is 1. The molecule has 0 aromatic heterocycles. The highest BCUT2D eigenvalue weighted by Crippen LogP contribution is 2.31. The second kappa shape index (κ2) is 10.4. The normalized spacial score (nSPS) is 29.0. The Morgan fingerprint density at radius 2 is 1.63 bits per heavy atom. The van der Waals surface area contributed by atoms with Crippen LogP contribution in [-0.4, -0.2) is 66.4 Å². The number of rotatable bonds is 8. The van der Waals surface area contributed by atoms with Crippen molar-refractivity contribution >= 4 is 0 Å². The van der Waals surface area contributed by atoms with Crippen LogP contribution in [0, 0.1) is 5.92 Å². The van der Waals surface area contributed by atoms with Gasteiger partial charge in [0.15, 0.2) is 0 Å². The molecule has 2 aliphatic rings. The summed E-state index contributed by atoms with van der Waals surface area (Å²) < 4.78 is 46.1. The Kier molecular flexibility index (Phi) is 8.88. The maximum Gasteiger partial charge on any atom is 0.405 e. The van der Waals surface area contributed by atoms with E-state index in [0.717, 1.165) is 44.7 Å². The molecule has 1 aliphatic heterocycles. The molecule has 2 fully saturated rings. The molecule has 0 aromatic rings. The summed E-state index contributed by atoms with van der Waals surface area (Å²) in [5.74, 6) is 0.776. The fourth-order valence-electron chi connectivity index (χ4n) is 4.68. The van der Waals surface area contributed by atoms with E-state index in [1.54, 1.807) is 4.90 Å².